The van der Waals surface area contributed by atoms with Crippen molar-refractivity contribution in [3.63, 3.8) is 0 Å². The van der Waals surface area contributed by atoms with Gasteiger partial charge in [-0.05, 0) is 56.1 Å². The molecule has 1 spiro atoms. The number of piperidine rings is 1. The quantitative estimate of drug-likeness (QED) is 0.682. The molecular formula is C24H25FN6O. The molecule has 3 aliphatic rings. The number of aliphatic hydroxyl groups excluding tert-OH is 1. The number of aliphatic hydroxyl groups is 1. The molecule has 2 aliphatic carbocycles. The largest absolute Gasteiger partial charge is 0.390 e. The molecule has 8 heteroatoms. The molecule has 0 unspecified atom stereocenters. The maximum Gasteiger partial charge on any atom is 0.159 e. The summed E-state index contributed by atoms with van der Waals surface area (Å²) in [5, 5.41) is 25.2. The molecule has 3 aromatic rings. The van der Waals surface area contributed by atoms with Crippen LogP contribution in [0.25, 0.3) is 16.7 Å². The lowest BCUT2D eigenvalue weighted by Crippen LogP contribution is -2.45. The smallest absolute Gasteiger partial charge is 0.159 e. The van der Waals surface area contributed by atoms with E-state index in [2.05, 4.69) is 33.3 Å². The van der Waals surface area contributed by atoms with Crippen LogP contribution < -0.4 is 4.90 Å². The number of rotatable bonds is 3. The van der Waals surface area contributed by atoms with E-state index >= 15 is 0 Å². The Labute approximate surface area is 185 Å². The fraction of sp³-hybridized carbons (Fsp3) is 0.500. The Morgan fingerprint density at radius 2 is 1.97 bits per heavy atom. The van der Waals surface area contributed by atoms with Crippen molar-refractivity contribution >= 4 is 16.7 Å². The molecule has 1 aliphatic heterocycles. The molecule has 1 aromatic carbocycles. The summed E-state index contributed by atoms with van der Waals surface area (Å²) < 4.78 is 15.9. The lowest BCUT2D eigenvalue weighted by molar-refractivity contribution is 0.0613. The number of hydrogen-bond acceptors (Lipinski definition) is 6. The van der Waals surface area contributed by atoms with Gasteiger partial charge in [-0.15, -0.1) is 0 Å². The average molecular weight is 433 g/mol. The van der Waals surface area contributed by atoms with Gasteiger partial charge in [-0.25, -0.2) is 19.0 Å². The highest BCUT2D eigenvalue weighted by Crippen LogP contribution is 2.68. The minimum Gasteiger partial charge on any atom is -0.390 e. The number of alkyl halides is 1. The average Bonchev–Trinajstić information content (AvgIpc) is 3.44. The third kappa shape index (κ3) is 2.99. The topological polar surface area (TPSA) is 90.9 Å². The molecule has 3 fully saturated rings. The van der Waals surface area contributed by atoms with Gasteiger partial charge in [0.1, 0.15) is 17.8 Å². The highest BCUT2D eigenvalue weighted by Gasteiger charge is 2.61. The van der Waals surface area contributed by atoms with Crippen molar-refractivity contribution < 1.29 is 9.50 Å². The second-order valence-electron chi connectivity index (χ2n) is 9.83. The minimum atomic E-state index is -1.30. The number of nitrogens with zero attached hydrogens (tertiary/aromatic N) is 6. The Kier molecular flexibility index (Phi) is 4.12. The Morgan fingerprint density at radius 3 is 2.69 bits per heavy atom. The van der Waals surface area contributed by atoms with Gasteiger partial charge in [0, 0.05) is 18.0 Å². The number of halogens is 1. The van der Waals surface area contributed by atoms with E-state index in [9.17, 15) is 14.8 Å². The van der Waals surface area contributed by atoms with Crippen molar-refractivity contribution in [2.75, 3.05) is 18.0 Å². The Bertz CT molecular complexity index is 1250. The van der Waals surface area contributed by atoms with E-state index in [1.807, 2.05) is 24.0 Å². The number of nitriles is 1. The van der Waals surface area contributed by atoms with Crippen LogP contribution in [0.5, 0.6) is 0 Å². The molecule has 3 heterocycles. The van der Waals surface area contributed by atoms with Gasteiger partial charge in [0.15, 0.2) is 5.82 Å². The van der Waals surface area contributed by atoms with Gasteiger partial charge < -0.3 is 10.0 Å². The van der Waals surface area contributed by atoms with E-state index in [0.717, 1.165) is 29.3 Å². The summed E-state index contributed by atoms with van der Waals surface area (Å²) in [6.07, 6.45) is 4.32. The highest BCUT2D eigenvalue weighted by molar-refractivity contribution is 5.81. The van der Waals surface area contributed by atoms with Crippen LogP contribution in [-0.2, 0) is 5.41 Å². The Morgan fingerprint density at radius 1 is 1.19 bits per heavy atom. The zero-order chi connectivity index (χ0) is 22.1. The van der Waals surface area contributed by atoms with Crippen molar-refractivity contribution in [3.05, 3.63) is 41.9 Å². The van der Waals surface area contributed by atoms with Gasteiger partial charge in [0.2, 0.25) is 0 Å². The second kappa shape index (κ2) is 6.72. The van der Waals surface area contributed by atoms with E-state index in [-0.39, 0.29) is 6.54 Å². The molecule has 6 rings (SSSR count). The molecule has 164 valence electrons. The number of anilines is 1. The van der Waals surface area contributed by atoms with Gasteiger partial charge in [-0.2, -0.15) is 10.4 Å². The molecule has 32 heavy (non-hydrogen) atoms. The van der Waals surface area contributed by atoms with Gasteiger partial charge in [0.25, 0.3) is 0 Å². The first kappa shape index (κ1) is 19.6. The number of benzene rings is 1. The summed E-state index contributed by atoms with van der Waals surface area (Å²) in [5.74, 6) is 1.81. The summed E-state index contributed by atoms with van der Waals surface area (Å²) in [4.78, 5) is 10.9. The monoisotopic (exact) mass is 432 g/mol. The molecule has 0 bridgehead atoms. The molecule has 2 aromatic heterocycles. The highest BCUT2D eigenvalue weighted by atomic mass is 19.1. The first-order chi connectivity index (χ1) is 15.4. The first-order valence-corrected chi connectivity index (χ1v) is 11.2. The van der Waals surface area contributed by atoms with Crippen molar-refractivity contribution in [1.82, 2.24) is 19.7 Å². The van der Waals surface area contributed by atoms with Crippen LogP contribution in [0.3, 0.4) is 0 Å². The summed E-state index contributed by atoms with van der Waals surface area (Å²) in [6, 6.07) is 10.6. The predicted octanol–water partition coefficient (Wildman–Crippen LogP) is 3.37. The van der Waals surface area contributed by atoms with Gasteiger partial charge in [0.05, 0.1) is 35.8 Å². The Hall–Kier alpha value is -3.05. The van der Waals surface area contributed by atoms with Crippen LogP contribution in [0.1, 0.15) is 43.5 Å². The molecule has 1 N–H and O–H groups in total. The molecule has 2 atom stereocenters. The van der Waals surface area contributed by atoms with Crippen molar-refractivity contribution in [2.45, 2.75) is 56.7 Å². The molecule has 2 saturated carbocycles. The third-order valence-corrected chi connectivity index (χ3v) is 7.51. The van der Waals surface area contributed by atoms with E-state index in [0.29, 0.717) is 35.8 Å². The van der Waals surface area contributed by atoms with Crippen LogP contribution >= 0.6 is 0 Å². The van der Waals surface area contributed by atoms with E-state index < -0.39 is 17.7 Å². The minimum absolute atomic E-state index is 0.105. The van der Waals surface area contributed by atoms with Crippen LogP contribution in [0.15, 0.2) is 30.5 Å². The summed E-state index contributed by atoms with van der Waals surface area (Å²) >= 11 is 0. The summed E-state index contributed by atoms with van der Waals surface area (Å²) in [6.45, 7) is 2.45. The maximum absolute atomic E-state index is 14.1. The van der Waals surface area contributed by atoms with E-state index in [4.69, 9.17) is 0 Å². The van der Waals surface area contributed by atoms with Crippen LogP contribution in [0, 0.1) is 23.7 Å². The van der Waals surface area contributed by atoms with Crippen LogP contribution in [0.2, 0.25) is 0 Å². The fourth-order valence-electron chi connectivity index (χ4n) is 5.51. The van der Waals surface area contributed by atoms with Crippen molar-refractivity contribution in [1.29, 1.82) is 5.26 Å². The van der Waals surface area contributed by atoms with Gasteiger partial charge in [-0.1, -0.05) is 12.1 Å². The number of fused-ring (bicyclic) bond motifs is 1. The number of hydrogen-bond donors (Lipinski definition) is 1. The standard InChI is InChI=1S/C24H25FN6O/c1-15-28-21(30-7-4-20(32)18(25)11-30)9-22(29-15)31-19-8-17(3-2-16(19)10-27-31)24(14-26)12-23(13-24)5-6-23/h2-3,8-10,18,20,32H,4-7,11-13H2,1H3/t18-,20-/m0/s1. The first-order valence-electron chi connectivity index (χ1n) is 11.2. The van der Waals surface area contributed by atoms with Crippen molar-refractivity contribution in [3.8, 4) is 11.9 Å². The molecular weight excluding hydrogens is 407 g/mol. The second-order valence-corrected chi connectivity index (χ2v) is 9.83. The maximum atomic E-state index is 14.1. The zero-order valence-corrected chi connectivity index (χ0v) is 18.0. The number of aromatic nitrogens is 4. The summed E-state index contributed by atoms with van der Waals surface area (Å²) in [5.41, 5.74) is 1.95. The van der Waals surface area contributed by atoms with Gasteiger partial charge >= 0.3 is 0 Å². The number of aryl methyl sites for hydroxylation is 1. The fourth-order valence-corrected chi connectivity index (χ4v) is 5.51. The Balaban J connectivity index is 1.38. The summed E-state index contributed by atoms with van der Waals surface area (Å²) in [7, 11) is 0. The lowest BCUT2D eigenvalue weighted by Gasteiger charge is -2.44. The molecule has 1 saturated heterocycles. The SMILES string of the molecule is Cc1nc(N2CC[C@H](O)[C@@H](F)C2)cc(-n2ncc3ccc(C4(C#N)CC5(CC5)C4)cc32)n1. The van der Waals surface area contributed by atoms with E-state index in [1.54, 1.807) is 10.9 Å². The molecule has 0 amide bonds. The van der Waals surface area contributed by atoms with Crippen LogP contribution in [0.4, 0.5) is 10.2 Å². The van der Waals surface area contributed by atoms with Crippen molar-refractivity contribution in [2.24, 2.45) is 5.41 Å². The molecule has 7 nitrogen and oxygen atoms in total. The normalized spacial score (nSPS) is 25.5. The molecule has 0 radical (unpaired) electrons. The third-order valence-electron chi connectivity index (χ3n) is 7.51. The van der Waals surface area contributed by atoms with Crippen LogP contribution in [-0.4, -0.2) is 50.2 Å². The lowest BCUT2D eigenvalue weighted by atomic mass is 9.57. The van der Waals surface area contributed by atoms with Gasteiger partial charge in [-0.3, -0.25) is 0 Å². The van der Waals surface area contributed by atoms with E-state index in [1.165, 1.54) is 12.8 Å². The predicted molar refractivity (Wildman–Crippen MR) is 117 cm³/mol. The zero-order valence-electron chi connectivity index (χ0n) is 18.0.